The molecule has 0 aromatic carbocycles. The van der Waals surface area contributed by atoms with Crippen molar-refractivity contribution in [2.45, 2.75) is 19.3 Å². The summed E-state index contributed by atoms with van der Waals surface area (Å²) < 4.78 is 1.43. The third-order valence-corrected chi connectivity index (χ3v) is 1.88. The number of nitrogens with zero attached hydrogens (tertiary/aromatic N) is 2. The molecular formula is C8H9N2O. The van der Waals surface area contributed by atoms with E-state index in [0.717, 1.165) is 0 Å². The predicted molar refractivity (Wildman–Crippen MR) is 39.0 cm³/mol. The Kier molecular flexibility index (Phi) is 1.49. The molecule has 0 bridgehead atoms. The van der Waals surface area contributed by atoms with E-state index in [0.29, 0.717) is 12.3 Å². The average Bonchev–Trinajstić information content (AvgIpc) is 2.67. The fourth-order valence-corrected chi connectivity index (χ4v) is 1.04. The van der Waals surface area contributed by atoms with Crippen LogP contribution in [0.25, 0.3) is 0 Å². The fourth-order valence-electron chi connectivity index (χ4n) is 1.04. The van der Waals surface area contributed by atoms with Crippen LogP contribution in [0.2, 0.25) is 0 Å². The Morgan fingerprint density at radius 1 is 1.73 bits per heavy atom. The second kappa shape index (κ2) is 2.49. The van der Waals surface area contributed by atoms with Crippen LogP contribution < -0.4 is 0 Å². The largest absolute Gasteiger partial charge is 0.274 e. The van der Waals surface area contributed by atoms with E-state index in [1.807, 2.05) is 0 Å². The van der Waals surface area contributed by atoms with Crippen LogP contribution in [0.3, 0.4) is 0 Å². The third-order valence-electron chi connectivity index (χ3n) is 1.88. The maximum atomic E-state index is 11.2. The molecule has 3 heteroatoms. The summed E-state index contributed by atoms with van der Waals surface area (Å²) in [6.45, 7) is 0. The van der Waals surface area contributed by atoms with E-state index in [4.69, 9.17) is 0 Å². The first-order chi connectivity index (χ1) is 5.36. The van der Waals surface area contributed by atoms with E-state index in [1.165, 1.54) is 17.4 Å². The summed E-state index contributed by atoms with van der Waals surface area (Å²) in [5.74, 6) is 0.753. The van der Waals surface area contributed by atoms with Gasteiger partial charge < -0.3 is 0 Å². The van der Waals surface area contributed by atoms with Crippen LogP contribution in [0.4, 0.5) is 0 Å². The number of aromatic nitrogens is 2. The van der Waals surface area contributed by atoms with Gasteiger partial charge in [-0.15, -0.1) is 0 Å². The minimum Gasteiger partial charge on any atom is -0.274 e. The lowest BCUT2D eigenvalue weighted by atomic mass is 10.3. The number of hydrogen-bond donors (Lipinski definition) is 0. The smallest absolute Gasteiger partial charge is 0.232 e. The maximum absolute atomic E-state index is 11.2. The molecule has 0 spiro atoms. The van der Waals surface area contributed by atoms with Crippen molar-refractivity contribution in [1.82, 2.24) is 9.55 Å². The van der Waals surface area contributed by atoms with Gasteiger partial charge in [0.15, 0.2) is 6.33 Å². The van der Waals surface area contributed by atoms with Gasteiger partial charge in [-0.3, -0.25) is 9.36 Å². The first kappa shape index (κ1) is 6.58. The molecule has 0 N–H and O–H groups in total. The minimum atomic E-state index is 0.116. The fraction of sp³-hybridized carbons (Fsp3) is 0.500. The molecule has 1 aromatic heterocycles. The zero-order valence-corrected chi connectivity index (χ0v) is 6.16. The molecule has 0 aliphatic heterocycles. The molecule has 11 heavy (non-hydrogen) atoms. The minimum absolute atomic E-state index is 0.116. The van der Waals surface area contributed by atoms with E-state index in [1.54, 1.807) is 12.4 Å². The Hall–Kier alpha value is -1.12. The Balaban J connectivity index is 1.99. The van der Waals surface area contributed by atoms with Crippen LogP contribution in [0.15, 0.2) is 12.4 Å². The molecule has 1 heterocycles. The summed E-state index contributed by atoms with van der Waals surface area (Å²) in [6, 6.07) is 0. The van der Waals surface area contributed by atoms with E-state index in [9.17, 15) is 4.79 Å². The standard InChI is InChI=1S/C8H9N2O/c11-8(5-7-1-2-7)10-4-3-9-6-10/h3-4,7H,1-2,5H2. The molecule has 1 aliphatic rings. The number of carbonyl (C=O) groups is 1. The highest BCUT2D eigenvalue weighted by Crippen LogP contribution is 2.32. The topological polar surface area (TPSA) is 34.9 Å². The summed E-state index contributed by atoms with van der Waals surface area (Å²) in [4.78, 5) is 14.9. The highest BCUT2D eigenvalue weighted by atomic mass is 16.2. The van der Waals surface area contributed by atoms with Crippen LogP contribution >= 0.6 is 0 Å². The van der Waals surface area contributed by atoms with Gasteiger partial charge in [-0.25, -0.2) is 4.98 Å². The number of carbonyl (C=O) groups excluding carboxylic acids is 1. The van der Waals surface area contributed by atoms with Gasteiger partial charge in [0, 0.05) is 18.8 Å². The van der Waals surface area contributed by atoms with Crippen molar-refractivity contribution < 1.29 is 4.79 Å². The Labute approximate surface area is 65.1 Å². The average molecular weight is 149 g/mol. The molecule has 0 amide bonds. The van der Waals surface area contributed by atoms with Gasteiger partial charge in [-0.05, 0) is 18.8 Å². The first-order valence-electron chi connectivity index (χ1n) is 3.80. The van der Waals surface area contributed by atoms with Crippen molar-refractivity contribution in [3.63, 3.8) is 0 Å². The summed E-state index contributed by atoms with van der Waals surface area (Å²) in [6.07, 6.45) is 8.88. The van der Waals surface area contributed by atoms with Crippen LogP contribution in [-0.2, 0) is 0 Å². The Morgan fingerprint density at radius 2 is 2.55 bits per heavy atom. The molecule has 2 rings (SSSR count). The van der Waals surface area contributed by atoms with E-state index >= 15 is 0 Å². The highest BCUT2D eigenvalue weighted by molar-refractivity contribution is 5.78. The number of imidazole rings is 1. The van der Waals surface area contributed by atoms with E-state index in [2.05, 4.69) is 11.3 Å². The molecule has 0 saturated heterocycles. The zero-order chi connectivity index (χ0) is 7.68. The maximum Gasteiger partial charge on any atom is 0.232 e. The highest BCUT2D eigenvalue weighted by Gasteiger charge is 2.24. The molecule has 1 saturated carbocycles. The third kappa shape index (κ3) is 1.48. The van der Waals surface area contributed by atoms with E-state index < -0.39 is 0 Å². The number of hydrogen-bond acceptors (Lipinski definition) is 2. The lowest BCUT2D eigenvalue weighted by molar-refractivity contribution is 0.0894. The molecule has 1 radical (unpaired) electrons. The lowest BCUT2D eigenvalue weighted by Gasteiger charge is -1.96. The van der Waals surface area contributed by atoms with Gasteiger partial charge in [0.25, 0.3) is 0 Å². The van der Waals surface area contributed by atoms with Gasteiger partial charge in [0.05, 0.1) is 0 Å². The molecule has 1 fully saturated rings. The molecule has 1 aliphatic carbocycles. The molecule has 0 atom stereocenters. The monoisotopic (exact) mass is 149 g/mol. The molecule has 0 unspecified atom stereocenters. The van der Waals surface area contributed by atoms with Crippen molar-refractivity contribution in [3.8, 4) is 0 Å². The Bertz CT molecular complexity index is 249. The van der Waals surface area contributed by atoms with Gasteiger partial charge in [-0.2, -0.15) is 0 Å². The number of rotatable bonds is 2. The van der Waals surface area contributed by atoms with Crippen molar-refractivity contribution >= 4 is 5.91 Å². The quantitative estimate of drug-likeness (QED) is 0.631. The Morgan fingerprint density at radius 3 is 3.09 bits per heavy atom. The molecular weight excluding hydrogens is 140 g/mol. The van der Waals surface area contributed by atoms with E-state index in [-0.39, 0.29) is 5.91 Å². The van der Waals surface area contributed by atoms with Crippen LogP contribution in [-0.4, -0.2) is 15.5 Å². The van der Waals surface area contributed by atoms with Gasteiger partial charge in [0.1, 0.15) is 0 Å². The molecule has 1 aromatic rings. The van der Waals surface area contributed by atoms with Crippen molar-refractivity contribution in [2.24, 2.45) is 5.92 Å². The summed E-state index contributed by atoms with van der Waals surface area (Å²) >= 11 is 0. The lowest BCUT2D eigenvalue weighted by Crippen LogP contribution is -2.08. The first-order valence-corrected chi connectivity index (χ1v) is 3.80. The second-order valence-electron chi connectivity index (χ2n) is 2.94. The van der Waals surface area contributed by atoms with Crippen molar-refractivity contribution in [1.29, 1.82) is 0 Å². The van der Waals surface area contributed by atoms with Gasteiger partial charge in [0.2, 0.25) is 5.91 Å². The molecule has 57 valence electrons. The summed E-state index contributed by atoms with van der Waals surface area (Å²) in [5.41, 5.74) is 0. The SMILES string of the molecule is O=C(CC1CC1)n1[c]ncc1. The summed E-state index contributed by atoms with van der Waals surface area (Å²) in [5, 5.41) is 0. The second-order valence-corrected chi connectivity index (χ2v) is 2.94. The van der Waals surface area contributed by atoms with Crippen molar-refractivity contribution in [2.75, 3.05) is 0 Å². The van der Waals surface area contributed by atoms with Crippen molar-refractivity contribution in [3.05, 3.63) is 18.7 Å². The van der Waals surface area contributed by atoms with Crippen LogP contribution in [0, 0.1) is 12.2 Å². The summed E-state index contributed by atoms with van der Waals surface area (Å²) in [7, 11) is 0. The predicted octanol–water partition coefficient (Wildman–Crippen LogP) is 1.12. The normalized spacial score (nSPS) is 16.7. The van der Waals surface area contributed by atoms with Gasteiger partial charge >= 0.3 is 0 Å². The molecule has 3 nitrogen and oxygen atoms in total. The zero-order valence-electron chi connectivity index (χ0n) is 6.16. The van der Waals surface area contributed by atoms with Crippen LogP contribution in [0.1, 0.15) is 24.1 Å². The van der Waals surface area contributed by atoms with Gasteiger partial charge in [-0.1, -0.05) is 0 Å². The van der Waals surface area contributed by atoms with Crippen LogP contribution in [0.5, 0.6) is 0 Å².